The molecule has 0 saturated carbocycles. The highest BCUT2D eigenvalue weighted by Gasteiger charge is 2.07. The van der Waals surface area contributed by atoms with Gasteiger partial charge in [-0.05, 0) is 32.4 Å². The summed E-state index contributed by atoms with van der Waals surface area (Å²) in [7, 11) is 0. The number of hydrogen-bond acceptors (Lipinski definition) is 4. The maximum absolute atomic E-state index is 4.44. The van der Waals surface area contributed by atoms with Crippen molar-refractivity contribution in [3.8, 4) is 0 Å². The van der Waals surface area contributed by atoms with Crippen LogP contribution in [-0.2, 0) is 19.6 Å². The molecule has 0 atom stereocenters. The summed E-state index contributed by atoms with van der Waals surface area (Å²) in [5.74, 6) is 0.645. The molecule has 6 heteroatoms. The van der Waals surface area contributed by atoms with E-state index in [0.717, 1.165) is 36.7 Å². The van der Waals surface area contributed by atoms with E-state index >= 15 is 0 Å². The third kappa shape index (κ3) is 3.90. The third-order valence-corrected chi connectivity index (χ3v) is 3.05. The van der Waals surface area contributed by atoms with E-state index in [1.807, 2.05) is 22.5 Å². The van der Waals surface area contributed by atoms with E-state index in [0.29, 0.717) is 12.5 Å². The summed E-state index contributed by atoms with van der Waals surface area (Å²) in [6, 6.07) is 2.10. The van der Waals surface area contributed by atoms with Crippen LogP contribution in [0, 0.1) is 12.8 Å². The molecule has 20 heavy (non-hydrogen) atoms. The summed E-state index contributed by atoms with van der Waals surface area (Å²) in [5, 5.41) is 16.2. The molecular weight excluding hydrogens is 252 g/mol. The van der Waals surface area contributed by atoms with Crippen LogP contribution < -0.4 is 5.32 Å². The summed E-state index contributed by atoms with van der Waals surface area (Å²) in [6.07, 6.45) is 2.00. The van der Waals surface area contributed by atoms with Gasteiger partial charge < -0.3 is 5.32 Å². The predicted octanol–water partition coefficient (Wildman–Crippen LogP) is 1.60. The second-order valence-corrected chi connectivity index (χ2v) is 5.53. The minimum absolute atomic E-state index is 0.645. The zero-order valence-corrected chi connectivity index (χ0v) is 12.8. The number of rotatable bonds is 7. The largest absolute Gasteiger partial charge is 0.311 e. The SMILES string of the molecule is CCn1nc(C)cc1Cn1cc(CNCC(C)C)nn1. The maximum atomic E-state index is 4.44. The van der Waals surface area contributed by atoms with Crippen LogP contribution in [0.2, 0.25) is 0 Å². The minimum Gasteiger partial charge on any atom is -0.311 e. The van der Waals surface area contributed by atoms with E-state index in [-0.39, 0.29) is 0 Å². The zero-order valence-electron chi connectivity index (χ0n) is 12.8. The molecule has 0 radical (unpaired) electrons. The van der Waals surface area contributed by atoms with E-state index in [9.17, 15) is 0 Å². The summed E-state index contributed by atoms with van der Waals surface area (Å²) in [4.78, 5) is 0. The van der Waals surface area contributed by atoms with Gasteiger partial charge in [-0.25, -0.2) is 4.68 Å². The zero-order chi connectivity index (χ0) is 14.5. The van der Waals surface area contributed by atoms with Crippen molar-refractivity contribution in [3.63, 3.8) is 0 Å². The first-order valence-corrected chi connectivity index (χ1v) is 7.21. The molecule has 2 aromatic rings. The Morgan fingerprint density at radius 3 is 2.85 bits per heavy atom. The van der Waals surface area contributed by atoms with Gasteiger partial charge in [-0.15, -0.1) is 5.10 Å². The van der Waals surface area contributed by atoms with E-state index < -0.39 is 0 Å². The first-order valence-electron chi connectivity index (χ1n) is 7.21. The average molecular weight is 276 g/mol. The van der Waals surface area contributed by atoms with Gasteiger partial charge >= 0.3 is 0 Å². The molecule has 0 unspecified atom stereocenters. The van der Waals surface area contributed by atoms with Gasteiger partial charge in [0.15, 0.2) is 0 Å². The van der Waals surface area contributed by atoms with Gasteiger partial charge in [-0.1, -0.05) is 19.1 Å². The summed E-state index contributed by atoms with van der Waals surface area (Å²) >= 11 is 0. The number of aromatic nitrogens is 5. The Morgan fingerprint density at radius 2 is 2.15 bits per heavy atom. The summed E-state index contributed by atoms with van der Waals surface area (Å²) in [5.41, 5.74) is 3.18. The molecule has 0 bridgehead atoms. The molecule has 0 aliphatic heterocycles. The molecule has 0 saturated heterocycles. The summed E-state index contributed by atoms with van der Waals surface area (Å²) < 4.78 is 3.88. The van der Waals surface area contributed by atoms with Gasteiger partial charge in [-0.2, -0.15) is 5.10 Å². The summed E-state index contributed by atoms with van der Waals surface area (Å²) in [6.45, 7) is 11.8. The lowest BCUT2D eigenvalue weighted by Gasteiger charge is -2.04. The van der Waals surface area contributed by atoms with E-state index in [1.54, 1.807) is 0 Å². The van der Waals surface area contributed by atoms with Crippen molar-refractivity contribution in [2.24, 2.45) is 5.92 Å². The average Bonchev–Trinajstić information content (AvgIpc) is 2.96. The van der Waals surface area contributed by atoms with Crippen LogP contribution in [0.5, 0.6) is 0 Å². The molecular formula is C14H24N6. The van der Waals surface area contributed by atoms with Crippen molar-refractivity contribution in [2.75, 3.05) is 6.54 Å². The van der Waals surface area contributed by atoms with Crippen LogP contribution in [0.4, 0.5) is 0 Å². The maximum Gasteiger partial charge on any atom is 0.0964 e. The normalized spacial score (nSPS) is 11.4. The quantitative estimate of drug-likeness (QED) is 0.834. The number of nitrogens with zero attached hydrogens (tertiary/aromatic N) is 5. The lowest BCUT2D eigenvalue weighted by molar-refractivity contribution is 0.547. The standard InChI is InChI=1S/C14H24N6/c1-5-20-14(6-12(4)17-20)10-19-9-13(16-18-19)8-15-7-11(2)3/h6,9,11,15H,5,7-8,10H2,1-4H3. The fourth-order valence-corrected chi connectivity index (χ4v) is 2.15. The highest BCUT2D eigenvalue weighted by atomic mass is 15.4. The molecule has 1 N–H and O–H groups in total. The molecule has 0 aromatic carbocycles. The molecule has 110 valence electrons. The van der Waals surface area contributed by atoms with Crippen LogP contribution in [0.25, 0.3) is 0 Å². The van der Waals surface area contributed by atoms with Crippen molar-refractivity contribution < 1.29 is 0 Å². The molecule has 0 aliphatic rings. The lowest BCUT2D eigenvalue weighted by Crippen LogP contribution is -2.19. The Hall–Kier alpha value is -1.69. The fraction of sp³-hybridized carbons (Fsp3) is 0.643. The van der Waals surface area contributed by atoms with Crippen molar-refractivity contribution in [1.82, 2.24) is 30.1 Å². The number of nitrogens with one attached hydrogen (secondary N) is 1. The van der Waals surface area contributed by atoms with Gasteiger partial charge in [0.2, 0.25) is 0 Å². The van der Waals surface area contributed by atoms with Crippen molar-refractivity contribution in [2.45, 2.75) is 47.3 Å². The van der Waals surface area contributed by atoms with Crippen LogP contribution in [0.1, 0.15) is 37.9 Å². The van der Waals surface area contributed by atoms with Crippen molar-refractivity contribution in [3.05, 3.63) is 29.3 Å². The molecule has 0 aliphatic carbocycles. The lowest BCUT2D eigenvalue weighted by atomic mass is 10.2. The molecule has 2 heterocycles. The number of aryl methyl sites for hydroxylation is 2. The van der Waals surface area contributed by atoms with Crippen molar-refractivity contribution in [1.29, 1.82) is 0 Å². The second-order valence-electron chi connectivity index (χ2n) is 5.53. The molecule has 0 spiro atoms. The third-order valence-electron chi connectivity index (χ3n) is 3.05. The Kier molecular flexibility index (Phi) is 4.89. The molecule has 0 fully saturated rings. The first-order chi connectivity index (χ1) is 9.58. The topological polar surface area (TPSA) is 60.6 Å². The first kappa shape index (κ1) is 14.7. The highest BCUT2D eigenvalue weighted by Crippen LogP contribution is 2.06. The van der Waals surface area contributed by atoms with E-state index in [4.69, 9.17) is 0 Å². The van der Waals surface area contributed by atoms with Crippen LogP contribution in [0.3, 0.4) is 0 Å². The predicted molar refractivity (Wildman–Crippen MR) is 78.3 cm³/mol. The fourth-order valence-electron chi connectivity index (χ4n) is 2.15. The van der Waals surface area contributed by atoms with Crippen LogP contribution in [0.15, 0.2) is 12.3 Å². The monoisotopic (exact) mass is 276 g/mol. The van der Waals surface area contributed by atoms with Gasteiger partial charge in [0.1, 0.15) is 0 Å². The van der Waals surface area contributed by atoms with E-state index in [1.165, 1.54) is 0 Å². The minimum atomic E-state index is 0.645. The molecule has 6 nitrogen and oxygen atoms in total. The van der Waals surface area contributed by atoms with Gasteiger partial charge in [0, 0.05) is 13.1 Å². The van der Waals surface area contributed by atoms with E-state index in [2.05, 4.69) is 47.6 Å². The molecule has 2 aromatic heterocycles. The van der Waals surface area contributed by atoms with Gasteiger partial charge in [-0.3, -0.25) is 4.68 Å². The van der Waals surface area contributed by atoms with Gasteiger partial charge in [0.25, 0.3) is 0 Å². The Bertz CT molecular complexity index is 540. The van der Waals surface area contributed by atoms with Crippen LogP contribution in [-0.4, -0.2) is 31.3 Å². The Labute approximate surface area is 120 Å². The molecule has 2 rings (SSSR count). The number of hydrogen-bond donors (Lipinski definition) is 1. The molecule has 0 amide bonds. The van der Waals surface area contributed by atoms with Crippen molar-refractivity contribution >= 4 is 0 Å². The van der Waals surface area contributed by atoms with Gasteiger partial charge in [0.05, 0.1) is 29.8 Å². The highest BCUT2D eigenvalue weighted by molar-refractivity contribution is 5.09. The smallest absolute Gasteiger partial charge is 0.0964 e. The van der Waals surface area contributed by atoms with Crippen LogP contribution >= 0.6 is 0 Å². The Morgan fingerprint density at radius 1 is 1.35 bits per heavy atom. The second kappa shape index (κ2) is 6.65. The Balaban J connectivity index is 1.95.